The second kappa shape index (κ2) is 5.50. The van der Waals surface area contributed by atoms with Crippen LogP contribution in [0, 0.1) is 24.6 Å². The molecule has 4 atom stereocenters. The molecule has 5 rings (SSSR count). The SMILES string of the molecule is Cc1cc(N2C[C@@]34C=C[C@@H](O3)[C@H](C(=O)Nc3cccc(F)c3)[C@@H]4C2=O)no1. The van der Waals surface area contributed by atoms with Gasteiger partial charge in [0.2, 0.25) is 11.8 Å². The predicted molar refractivity (Wildman–Crippen MR) is 92.3 cm³/mol. The first kappa shape index (κ1) is 16.2. The summed E-state index contributed by atoms with van der Waals surface area (Å²) >= 11 is 0. The Labute approximate surface area is 153 Å². The van der Waals surface area contributed by atoms with Crippen molar-refractivity contribution in [2.75, 3.05) is 16.8 Å². The molecule has 2 aromatic rings. The number of carbonyl (C=O) groups excluding carboxylic acids is 2. The number of amides is 2. The largest absolute Gasteiger partial charge is 0.360 e. The maximum atomic E-state index is 13.4. The smallest absolute Gasteiger partial charge is 0.235 e. The van der Waals surface area contributed by atoms with Gasteiger partial charge < -0.3 is 14.6 Å². The van der Waals surface area contributed by atoms with Gasteiger partial charge in [-0.2, -0.15) is 0 Å². The zero-order chi connectivity index (χ0) is 18.8. The lowest BCUT2D eigenvalue weighted by Crippen LogP contribution is -2.41. The standard InChI is InChI=1S/C19H16FN3O4/c1-10-7-14(22-27-10)23-9-19-6-5-13(26-19)15(16(19)18(23)25)17(24)21-12-4-2-3-11(20)8-12/h2-8,13,15-16H,9H2,1H3,(H,21,24)/t13-,15+,16-,19-/m1/s1. The van der Waals surface area contributed by atoms with Crippen LogP contribution in [0.5, 0.6) is 0 Å². The van der Waals surface area contributed by atoms with Gasteiger partial charge in [0.25, 0.3) is 0 Å². The highest BCUT2D eigenvalue weighted by Gasteiger charge is 2.67. The number of benzene rings is 1. The van der Waals surface area contributed by atoms with Crippen molar-refractivity contribution in [3.63, 3.8) is 0 Å². The van der Waals surface area contributed by atoms with E-state index >= 15 is 0 Å². The van der Waals surface area contributed by atoms with Crippen molar-refractivity contribution in [3.05, 3.63) is 54.1 Å². The highest BCUT2D eigenvalue weighted by Crippen LogP contribution is 2.52. The van der Waals surface area contributed by atoms with Crippen molar-refractivity contribution in [2.24, 2.45) is 11.8 Å². The predicted octanol–water partition coefficient (Wildman–Crippen LogP) is 2.05. The Hall–Kier alpha value is -3.00. The summed E-state index contributed by atoms with van der Waals surface area (Å²) in [6.45, 7) is 2.02. The van der Waals surface area contributed by atoms with E-state index in [1.165, 1.54) is 23.1 Å². The molecule has 2 saturated heterocycles. The van der Waals surface area contributed by atoms with Gasteiger partial charge in [0.1, 0.15) is 17.2 Å². The third-order valence-electron chi connectivity index (χ3n) is 5.39. The van der Waals surface area contributed by atoms with Crippen LogP contribution in [0.25, 0.3) is 0 Å². The van der Waals surface area contributed by atoms with Crippen molar-refractivity contribution in [1.82, 2.24) is 5.16 Å². The number of hydrogen-bond donors (Lipinski definition) is 1. The maximum Gasteiger partial charge on any atom is 0.235 e. The number of anilines is 2. The summed E-state index contributed by atoms with van der Waals surface area (Å²) in [5.41, 5.74) is -0.506. The van der Waals surface area contributed by atoms with Gasteiger partial charge in [0.05, 0.1) is 24.5 Å². The van der Waals surface area contributed by atoms with E-state index in [9.17, 15) is 14.0 Å². The first-order valence-corrected chi connectivity index (χ1v) is 8.65. The van der Waals surface area contributed by atoms with Crippen molar-refractivity contribution >= 4 is 23.3 Å². The second-order valence-electron chi connectivity index (χ2n) is 7.12. The van der Waals surface area contributed by atoms with Crippen LogP contribution in [-0.2, 0) is 14.3 Å². The first-order valence-electron chi connectivity index (χ1n) is 8.65. The molecule has 27 heavy (non-hydrogen) atoms. The molecule has 2 fully saturated rings. The molecule has 1 aromatic carbocycles. The van der Waals surface area contributed by atoms with Crippen LogP contribution in [0.3, 0.4) is 0 Å². The minimum atomic E-state index is -0.849. The average molecular weight is 369 g/mol. The van der Waals surface area contributed by atoms with E-state index in [0.717, 1.165) is 0 Å². The molecule has 7 nitrogen and oxygen atoms in total. The Balaban J connectivity index is 1.44. The van der Waals surface area contributed by atoms with E-state index in [0.29, 0.717) is 17.3 Å². The summed E-state index contributed by atoms with van der Waals surface area (Å²) in [6.07, 6.45) is 3.20. The van der Waals surface area contributed by atoms with E-state index in [2.05, 4.69) is 10.5 Å². The fourth-order valence-electron chi connectivity index (χ4n) is 4.26. The molecule has 3 aliphatic heterocycles. The van der Waals surface area contributed by atoms with Crippen LogP contribution in [-0.4, -0.2) is 35.2 Å². The number of rotatable bonds is 3. The molecule has 4 heterocycles. The summed E-state index contributed by atoms with van der Waals surface area (Å²) in [5.74, 6) is -1.39. The molecule has 1 N–H and O–H groups in total. The van der Waals surface area contributed by atoms with Gasteiger partial charge in [-0.3, -0.25) is 14.5 Å². The second-order valence-corrected chi connectivity index (χ2v) is 7.12. The summed E-state index contributed by atoms with van der Waals surface area (Å²) in [7, 11) is 0. The maximum absolute atomic E-state index is 13.4. The van der Waals surface area contributed by atoms with Crippen LogP contribution in [0.4, 0.5) is 15.9 Å². The first-order chi connectivity index (χ1) is 13.0. The van der Waals surface area contributed by atoms with Gasteiger partial charge in [0.15, 0.2) is 5.82 Å². The fourth-order valence-corrected chi connectivity index (χ4v) is 4.26. The zero-order valence-corrected chi connectivity index (χ0v) is 14.4. The molecule has 3 aliphatic rings. The van der Waals surface area contributed by atoms with E-state index in [-0.39, 0.29) is 18.4 Å². The Morgan fingerprint density at radius 3 is 3.00 bits per heavy atom. The lowest BCUT2D eigenvalue weighted by Gasteiger charge is -2.23. The van der Waals surface area contributed by atoms with Gasteiger partial charge >= 0.3 is 0 Å². The van der Waals surface area contributed by atoms with Crippen LogP contribution in [0.15, 0.2) is 47.0 Å². The molecule has 0 unspecified atom stereocenters. The molecule has 1 aromatic heterocycles. The molecule has 2 bridgehead atoms. The van der Waals surface area contributed by atoms with Crippen molar-refractivity contribution in [2.45, 2.75) is 18.6 Å². The average Bonchev–Trinajstić information content (AvgIpc) is 3.36. The molecular weight excluding hydrogens is 353 g/mol. The monoisotopic (exact) mass is 369 g/mol. The van der Waals surface area contributed by atoms with Crippen molar-refractivity contribution < 1.29 is 23.2 Å². The lowest BCUT2D eigenvalue weighted by atomic mass is 9.77. The van der Waals surface area contributed by atoms with Crippen molar-refractivity contribution in [3.8, 4) is 0 Å². The molecule has 0 radical (unpaired) electrons. The number of halogens is 1. The fraction of sp³-hybridized carbons (Fsp3) is 0.316. The Morgan fingerprint density at radius 2 is 2.26 bits per heavy atom. The van der Waals surface area contributed by atoms with E-state index < -0.39 is 29.4 Å². The molecular formula is C19H16FN3O4. The third-order valence-corrected chi connectivity index (χ3v) is 5.39. The van der Waals surface area contributed by atoms with Crippen LogP contribution in [0.2, 0.25) is 0 Å². The van der Waals surface area contributed by atoms with Gasteiger partial charge in [0, 0.05) is 11.8 Å². The van der Waals surface area contributed by atoms with Gasteiger partial charge in [-0.25, -0.2) is 4.39 Å². The Morgan fingerprint density at radius 1 is 1.41 bits per heavy atom. The highest BCUT2D eigenvalue weighted by molar-refractivity contribution is 6.05. The number of fused-ring (bicyclic) bond motifs is 1. The lowest BCUT2D eigenvalue weighted by molar-refractivity contribution is -0.128. The van der Waals surface area contributed by atoms with Gasteiger partial charge in [-0.1, -0.05) is 23.4 Å². The summed E-state index contributed by atoms with van der Waals surface area (Å²) < 4.78 is 24.5. The summed E-state index contributed by atoms with van der Waals surface area (Å²) in [4.78, 5) is 27.5. The Bertz CT molecular complexity index is 987. The van der Waals surface area contributed by atoms with Crippen LogP contribution < -0.4 is 10.2 Å². The van der Waals surface area contributed by atoms with Crippen molar-refractivity contribution in [1.29, 1.82) is 0 Å². The third kappa shape index (κ3) is 2.33. The number of ether oxygens (including phenoxy) is 1. The van der Waals surface area contributed by atoms with E-state index in [1.54, 1.807) is 19.1 Å². The number of aryl methyl sites for hydroxylation is 1. The quantitative estimate of drug-likeness (QED) is 0.837. The molecule has 1 spiro atoms. The van der Waals surface area contributed by atoms with Gasteiger partial charge in [-0.05, 0) is 25.1 Å². The Kier molecular flexibility index (Phi) is 3.30. The number of hydrogen-bond acceptors (Lipinski definition) is 5. The number of nitrogens with one attached hydrogen (secondary N) is 1. The highest BCUT2D eigenvalue weighted by atomic mass is 19.1. The number of aromatic nitrogens is 1. The molecule has 8 heteroatoms. The van der Waals surface area contributed by atoms with E-state index in [1.807, 2.05) is 12.2 Å². The number of carbonyl (C=O) groups is 2. The summed E-state index contributed by atoms with van der Waals surface area (Å²) in [6, 6.07) is 7.32. The molecule has 2 amide bonds. The van der Waals surface area contributed by atoms with Crippen LogP contribution in [0.1, 0.15) is 5.76 Å². The summed E-state index contributed by atoms with van der Waals surface area (Å²) in [5, 5.41) is 6.61. The normalized spacial score (nSPS) is 30.8. The molecule has 0 aliphatic carbocycles. The minimum absolute atomic E-state index is 0.227. The zero-order valence-electron chi connectivity index (χ0n) is 14.4. The van der Waals surface area contributed by atoms with E-state index in [4.69, 9.17) is 9.26 Å². The molecule has 138 valence electrons. The van der Waals surface area contributed by atoms with Gasteiger partial charge in [-0.15, -0.1) is 0 Å². The van der Waals surface area contributed by atoms with Crippen LogP contribution >= 0.6 is 0 Å². The molecule has 0 saturated carbocycles. The number of nitrogens with zero attached hydrogens (tertiary/aromatic N) is 2. The minimum Gasteiger partial charge on any atom is -0.360 e. The topological polar surface area (TPSA) is 84.7 Å².